The lowest BCUT2D eigenvalue weighted by atomic mass is 10.0. The van der Waals surface area contributed by atoms with Crippen LogP contribution in [0.25, 0.3) is 0 Å². The second-order valence-electron chi connectivity index (χ2n) is 7.11. The van der Waals surface area contributed by atoms with E-state index < -0.39 is 0 Å². The van der Waals surface area contributed by atoms with Crippen molar-refractivity contribution < 1.29 is 9.21 Å². The van der Waals surface area contributed by atoms with Gasteiger partial charge < -0.3 is 9.32 Å². The Bertz CT molecular complexity index is 522. The van der Waals surface area contributed by atoms with Crippen molar-refractivity contribution in [3.8, 4) is 0 Å². The second kappa shape index (κ2) is 6.41. The first-order valence-corrected chi connectivity index (χ1v) is 8.49. The third-order valence-corrected chi connectivity index (χ3v) is 4.94. The zero-order valence-electron chi connectivity index (χ0n) is 13.9. The van der Waals surface area contributed by atoms with Crippen LogP contribution in [0.3, 0.4) is 0 Å². The van der Waals surface area contributed by atoms with E-state index in [1.54, 1.807) is 6.92 Å². The monoisotopic (exact) mass is 305 g/mol. The molecule has 1 atom stereocenters. The van der Waals surface area contributed by atoms with E-state index in [2.05, 4.69) is 23.7 Å². The van der Waals surface area contributed by atoms with E-state index in [4.69, 9.17) is 4.42 Å². The zero-order chi connectivity index (χ0) is 15.7. The van der Waals surface area contributed by atoms with Gasteiger partial charge in [-0.05, 0) is 38.0 Å². The molecule has 1 aromatic heterocycles. The van der Waals surface area contributed by atoms with Crippen molar-refractivity contribution in [3.05, 3.63) is 17.8 Å². The van der Waals surface area contributed by atoms with Crippen LogP contribution in [0.2, 0.25) is 0 Å². The molecule has 1 saturated carbocycles. The lowest BCUT2D eigenvalue weighted by molar-refractivity contribution is 0.0697. The van der Waals surface area contributed by atoms with E-state index in [1.807, 2.05) is 4.90 Å². The number of carbonyl (C=O) groups excluding carboxylic acids is 1. The molecular formula is C17H27N3O2. The van der Waals surface area contributed by atoms with Crippen molar-refractivity contribution >= 4 is 5.91 Å². The van der Waals surface area contributed by atoms with Crippen LogP contribution in [0.5, 0.6) is 0 Å². The van der Waals surface area contributed by atoms with Crippen LogP contribution in [-0.2, 0) is 0 Å². The number of aromatic nitrogens is 1. The van der Waals surface area contributed by atoms with Crippen molar-refractivity contribution in [1.82, 2.24) is 14.8 Å². The summed E-state index contributed by atoms with van der Waals surface area (Å²) >= 11 is 0. The van der Waals surface area contributed by atoms with Gasteiger partial charge in [-0.1, -0.05) is 13.8 Å². The Labute approximate surface area is 132 Å². The Morgan fingerprint density at radius 2 is 2.18 bits per heavy atom. The standard InChI is InChI=1S/C17H27N3O2/c1-12(2)15-10-20(17(21)16-13(3)22-11-18-16)8-4-7-19(15)9-14-5-6-14/h11-12,14-15H,4-10H2,1-3H3. The summed E-state index contributed by atoms with van der Waals surface area (Å²) in [6.07, 6.45) is 5.16. The summed E-state index contributed by atoms with van der Waals surface area (Å²) in [5.74, 6) is 2.07. The molecule has 1 aliphatic carbocycles. The molecule has 1 amide bonds. The third-order valence-electron chi connectivity index (χ3n) is 4.94. The molecule has 122 valence electrons. The van der Waals surface area contributed by atoms with Crippen molar-refractivity contribution in [2.45, 2.75) is 46.1 Å². The maximum atomic E-state index is 12.7. The van der Waals surface area contributed by atoms with Crippen LogP contribution in [0.15, 0.2) is 10.8 Å². The molecule has 1 aromatic rings. The molecule has 2 aliphatic rings. The minimum Gasteiger partial charge on any atom is -0.448 e. The van der Waals surface area contributed by atoms with Gasteiger partial charge in [0.15, 0.2) is 12.1 Å². The van der Waals surface area contributed by atoms with Crippen molar-refractivity contribution in [2.24, 2.45) is 11.8 Å². The molecule has 0 N–H and O–H groups in total. The van der Waals surface area contributed by atoms with Gasteiger partial charge in [-0.15, -0.1) is 0 Å². The van der Waals surface area contributed by atoms with Crippen LogP contribution in [0.1, 0.15) is 49.4 Å². The first-order valence-electron chi connectivity index (χ1n) is 8.49. The van der Waals surface area contributed by atoms with Crippen LogP contribution in [-0.4, -0.2) is 52.9 Å². The Kier molecular flexibility index (Phi) is 4.52. The molecule has 3 rings (SSSR count). The number of hydrogen-bond donors (Lipinski definition) is 0. The van der Waals surface area contributed by atoms with E-state index in [9.17, 15) is 4.79 Å². The molecule has 2 heterocycles. The predicted octanol–water partition coefficient (Wildman–Crippen LogP) is 2.57. The fourth-order valence-electron chi connectivity index (χ4n) is 3.40. The largest absolute Gasteiger partial charge is 0.448 e. The van der Waals surface area contributed by atoms with E-state index in [-0.39, 0.29) is 5.91 Å². The topological polar surface area (TPSA) is 49.6 Å². The van der Waals surface area contributed by atoms with Gasteiger partial charge in [0.2, 0.25) is 0 Å². The minimum atomic E-state index is 0.0187. The summed E-state index contributed by atoms with van der Waals surface area (Å²) in [6.45, 7) is 10.2. The number of aryl methyl sites for hydroxylation is 1. The number of oxazole rings is 1. The molecule has 22 heavy (non-hydrogen) atoms. The van der Waals surface area contributed by atoms with Crippen LogP contribution in [0, 0.1) is 18.8 Å². The lowest BCUT2D eigenvalue weighted by Crippen LogP contribution is -2.46. The normalized spacial score (nSPS) is 23.8. The molecule has 1 unspecified atom stereocenters. The first kappa shape index (κ1) is 15.5. The van der Waals surface area contributed by atoms with E-state index >= 15 is 0 Å². The highest BCUT2D eigenvalue weighted by atomic mass is 16.3. The number of nitrogens with zero attached hydrogens (tertiary/aromatic N) is 3. The van der Waals surface area contributed by atoms with Gasteiger partial charge >= 0.3 is 0 Å². The zero-order valence-corrected chi connectivity index (χ0v) is 13.9. The Morgan fingerprint density at radius 3 is 2.77 bits per heavy atom. The second-order valence-corrected chi connectivity index (χ2v) is 7.11. The van der Waals surface area contributed by atoms with E-state index in [1.165, 1.54) is 25.8 Å². The minimum absolute atomic E-state index is 0.0187. The van der Waals surface area contributed by atoms with Gasteiger partial charge in [0.05, 0.1) is 0 Å². The molecule has 2 fully saturated rings. The molecule has 0 aromatic carbocycles. The summed E-state index contributed by atoms with van der Waals surface area (Å²) in [4.78, 5) is 21.4. The average molecular weight is 305 g/mol. The summed E-state index contributed by atoms with van der Waals surface area (Å²) in [5, 5.41) is 0. The van der Waals surface area contributed by atoms with Crippen molar-refractivity contribution in [2.75, 3.05) is 26.2 Å². The molecule has 1 saturated heterocycles. The van der Waals surface area contributed by atoms with E-state index in [0.717, 1.165) is 32.0 Å². The highest BCUT2D eigenvalue weighted by molar-refractivity contribution is 5.93. The molecule has 0 spiro atoms. The predicted molar refractivity (Wildman–Crippen MR) is 84.7 cm³/mol. The van der Waals surface area contributed by atoms with Gasteiger partial charge in [-0.3, -0.25) is 9.69 Å². The highest BCUT2D eigenvalue weighted by Crippen LogP contribution is 2.32. The third kappa shape index (κ3) is 3.35. The molecule has 0 bridgehead atoms. The van der Waals surface area contributed by atoms with Gasteiger partial charge in [0, 0.05) is 32.2 Å². The number of hydrogen-bond acceptors (Lipinski definition) is 4. The maximum Gasteiger partial charge on any atom is 0.276 e. The number of carbonyl (C=O) groups is 1. The lowest BCUT2D eigenvalue weighted by Gasteiger charge is -2.34. The van der Waals surface area contributed by atoms with Crippen LogP contribution >= 0.6 is 0 Å². The molecule has 1 aliphatic heterocycles. The molecular weight excluding hydrogens is 278 g/mol. The van der Waals surface area contributed by atoms with Gasteiger partial charge in [-0.25, -0.2) is 4.98 Å². The SMILES string of the molecule is Cc1ocnc1C(=O)N1CCCN(CC2CC2)C(C(C)C)C1. The maximum absolute atomic E-state index is 12.7. The number of rotatable bonds is 4. The Balaban J connectivity index is 1.73. The highest BCUT2D eigenvalue weighted by Gasteiger charge is 2.34. The summed E-state index contributed by atoms with van der Waals surface area (Å²) in [5.41, 5.74) is 0.471. The average Bonchev–Trinajstić information content (AvgIpc) is 3.23. The van der Waals surface area contributed by atoms with Crippen LogP contribution < -0.4 is 0 Å². The van der Waals surface area contributed by atoms with Crippen molar-refractivity contribution in [1.29, 1.82) is 0 Å². The Morgan fingerprint density at radius 1 is 1.41 bits per heavy atom. The quantitative estimate of drug-likeness (QED) is 0.858. The fourth-order valence-corrected chi connectivity index (χ4v) is 3.40. The Hall–Kier alpha value is -1.36. The summed E-state index contributed by atoms with van der Waals surface area (Å²) in [7, 11) is 0. The molecule has 5 heteroatoms. The smallest absolute Gasteiger partial charge is 0.276 e. The summed E-state index contributed by atoms with van der Waals surface area (Å²) in [6, 6.07) is 0.444. The first-order chi connectivity index (χ1) is 10.6. The molecule has 5 nitrogen and oxygen atoms in total. The summed E-state index contributed by atoms with van der Waals surface area (Å²) < 4.78 is 5.19. The van der Waals surface area contributed by atoms with Gasteiger partial charge in [0.25, 0.3) is 5.91 Å². The molecule has 0 radical (unpaired) electrons. The van der Waals surface area contributed by atoms with Gasteiger partial charge in [0.1, 0.15) is 5.76 Å². The number of amides is 1. The fraction of sp³-hybridized carbons (Fsp3) is 0.765. The van der Waals surface area contributed by atoms with E-state index in [0.29, 0.717) is 23.4 Å². The van der Waals surface area contributed by atoms with Crippen molar-refractivity contribution in [3.63, 3.8) is 0 Å². The van der Waals surface area contributed by atoms with Crippen LogP contribution in [0.4, 0.5) is 0 Å². The van der Waals surface area contributed by atoms with Gasteiger partial charge in [-0.2, -0.15) is 0 Å².